The topological polar surface area (TPSA) is 21.3 Å². The largest absolute Gasteiger partial charge is 0.493 e. The number of benzene rings is 1. The second kappa shape index (κ2) is 10.6. The Morgan fingerprint density at radius 3 is 2.25 bits per heavy atom. The Morgan fingerprint density at radius 1 is 0.950 bits per heavy atom. The van der Waals surface area contributed by atoms with E-state index >= 15 is 0 Å². The van der Waals surface area contributed by atoms with Crippen LogP contribution in [0.5, 0.6) is 5.75 Å². The van der Waals surface area contributed by atoms with Gasteiger partial charge in [0.15, 0.2) is 0 Å². The van der Waals surface area contributed by atoms with Crippen molar-refractivity contribution in [2.45, 2.75) is 59.3 Å². The van der Waals surface area contributed by atoms with E-state index < -0.39 is 0 Å². The van der Waals surface area contributed by atoms with E-state index in [1.807, 2.05) is 12.1 Å². The van der Waals surface area contributed by atoms with Gasteiger partial charge in [-0.2, -0.15) is 0 Å². The lowest BCUT2D eigenvalue weighted by molar-refractivity contribution is 0.271. The van der Waals surface area contributed by atoms with E-state index in [2.05, 4.69) is 38.2 Å². The third kappa shape index (κ3) is 8.08. The molecule has 0 radical (unpaired) electrons. The van der Waals surface area contributed by atoms with Gasteiger partial charge in [-0.05, 0) is 36.6 Å². The molecule has 1 rings (SSSR count). The third-order valence-electron chi connectivity index (χ3n) is 3.30. The Bertz CT molecular complexity index is 332. The van der Waals surface area contributed by atoms with Gasteiger partial charge in [0.05, 0.1) is 6.61 Å². The summed E-state index contributed by atoms with van der Waals surface area (Å²) in [5.41, 5.74) is 1.19. The van der Waals surface area contributed by atoms with Gasteiger partial charge >= 0.3 is 0 Å². The van der Waals surface area contributed by atoms with Gasteiger partial charge in [0.2, 0.25) is 0 Å². The van der Waals surface area contributed by atoms with Crippen molar-refractivity contribution in [1.82, 2.24) is 0 Å². The van der Waals surface area contributed by atoms with Gasteiger partial charge in [-0.25, -0.2) is 0 Å². The first kappa shape index (κ1) is 16.9. The minimum atomic E-state index is 0.570. The molecule has 114 valence electrons. The second-order valence-electron chi connectivity index (χ2n) is 5.92. The Kier molecular flexibility index (Phi) is 8.93. The average Bonchev–Trinajstić information content (AvgIpc) is 2.45. The lowest BCUT2D eigenvalue weighted by atomic mass is 10.1. The summed E-state index contributed by atoms with van der Waals surface area (Å²) in [7, 11) is 0. The Balaban J connectivity index is 2.12. The predicted molar refractivity (Wildman–Crippen MR) is 88.6 cm³/mol. The lowest BCUT2D eigenvalue weighted by Gasteiger charge is -2.10. The van der Waals surface area contributed by atoms with Crippen molar-refractivity contribution in [3.8, 4) is 5.75 Å². The van der Waals surface area contributed by atoms with E-state index in [9.17, 15) is 0 Å². The van der Waals surface area contributed by atoms with E-state index in [0.717, 1.165) is 18.9 Å². The van der Waals surface area contributed by atoms with E-state index in [0.29, 0.717) is 5.92 Å². The zero-order valence-corrected chi connectivity index (χ0v) is 13.5. The van der Waals surface area contributed by atoms with Gasteiger partial charge in [0, 0.05) is 12.2 Å². The van der Waals surface area contributed by atoms with Gasteiger partial charge in [-0.3, -0.25) is 0 Å². The average molecular weight is 277 g/mol. The molecule has 0 unspecified atom stereocenters. The summed E-state index contributed by atoms with van der Waals surface area (Å²) in [6.45, 7) is 8.44. The molecule has 0 fully saturated rings. The molecule has 1 aromatic rings. The molecule has 20 heavy (non-hydrogen) atoms. The van der Waals surface area contributed by atoms with Gasteiger partial charge in [0.25, 0.3) is 0 Å². The van der Waals surface area contributed by atoms with Crippen LogP contribution in [-0.2, 0) is 0 Å². The zero-order chi connectivity index (χ0) is 14.6. The molecule has 0 atom stereocenters. The van der Waals surface area contributed by atoms with Crippen molar-refractivity contribution in [2.75, 3.05) is 18.5 Å². The number of hydrogen-bond donors (Lipinski definition) is 1. The predicted octanol–water partition coefficient (Wildman–Crippen LogP) is 5.49. The summed E-state index contributed by atoms with van der Waals surface area (Å²) in [5.74, 6) is 1.53. The van der Waals surface area contributed by atoms with Gasteiger partial charge in [-0.15, -0.1) is 0 Å². The number of rotatable bonds is 11. The maximum Gasteiger partial charge on any atom is 0.119 e. The summed E-state index contributed by atoms with van der Waals surface area (Å²) in [5, 5.41) is 3.47. The van der Waals surface area contributed by atoms with Crippen LogP contribution in [0.15, 0.2) is 24.3 Å². The van der Waals surface area contributed by atoms with Crippen LogP contribution in [0, 0.1) is 5.92 Å². The van der Waals surface area contributed by atoms with Crippen LogP contribution >= 0.6 is 0 Å². The maximum atomic E-state index is 5.68. The molecule has 0 bridgehead atoms. The first-order valence-corrected chi connectivity index (χ1v) is 8.19. The minimum absolute atomic E-state index is 0.570. The summed E-state index contributed by atoms with van der Waals surface area (Å²) in [6, 6.07) is 8.30. The van der Waals surface area contributed by atoms with Crippen LogP contribution in [0.4, 0.5) is 5.69 Å². The van der Waals surface area contributed by atoms with Crippen LogP contribution in [0.2, 0.25) is 0 Å². The molecule has 2 heteroatoms. The Morgan fingerprint density at radius 2 is 1.60 bits per heavy atom. The van der Waals surface area contributed by atoms with Crippen LogP contribution in [0.3, 0.4) is 0 Å². The van der Waals surface area contributed by atoms with Crippen LogP contribution in [0.1, 0.15) is 59.3 Å². The monoisotopic (exact) mass is 277 g/mol. The van der Waals surface area contributed by atoms with E-state index in [1.165, 1.54) is 44.2 Å². The molecule has 0 aromatic heterocycles. The molecule has 1 aromatic carbocycles. The molecule has 0 saturated carbocycles. The smallest absolute Gasteiger partial charge is 0.119 e. The lowest BCUT2D eigenvalue weighted by Crippen LogP contribution is -2.05. The molecule has 0 aliphatic heterocycles. The standard InChI is InChI=1S/C18H31NO/c1-4-5-6-7-8-9-14-19-17-10-12-18(13-11-17)20-15-16(2)3/h10-13,16,19H,4-9,14-15H2,1-3H3. The minimum Gasteiger partial charge on any atom is -0.493 e. The number of ether oxygens (including phenoxy) is 1. The number of unbranched alkanes of at least 4 members (excludes halogenated alkanes) is 5. The first-order chi connectivity index (χ1) is 9.72. The summed E-state index contributed by atoms with van der Waals surface area (Å²) >= 11 is 0. The van der Waals surface area contributed by atoms with Crippen LogP contribution in [0.25, 0.3) is 0 Å². The molecule has 1 N–H and O–H groups in total. The van der Waals surface area contributed by atoms with Gasteiger partial charge in [0.1, 0.15) is 5.75 Å². The fraction of sp³-hybridized carbons (Fsp3) is 0.667. The van der Waals surface area contributed by atoms with Crippen molar-refractivity contribution < 1.29 is 4.74 Å². The summed E-state index contributed by atoms with van der Waals surface area (Å²) in [4.78, 5) is 0. The molecular formula is C18H31NO. The molecule has 0 aliphatic rings. The van der Waals surface area contributed by atoms with E-state index in [-0.39, 0.29) is 0 Å². The molecule has 0 saturated heterocycles. The molecule has 0 amide bonds. The second-order valence-corrected chi connectivity index (χ2v) is 5.92. The van der Waals surface area contributed by atoms with E-state index in [4.69, 9.17) is 4.74 Å². The zero-order valence-electron chi connectivity index (χ0n) is 13.5. The van der Waals surface area contributed by atoms with Crippen molar-refractivity contribution in [2.24, 2.45) is 5.92 Å². The summed E-state index contributed by atoms with van der Waals surface area (Å²) in [6.07, 6.45) is 8.06. The highest BCUT2D eigenvalue weighted by molar-refractivity contribution is 5.46. The Labute approximate surface area is 124 Å². The normalized spacial score (nSPS) is 10.8. The van der Waals surface area contributed by atoms with Gasteiger partial charge in [-0.1, -0.05) is 52.9 Å². The van der Waals surface area contributed by atoms with Crippen LogP contribution < -0.4 is 10.1 Å². The molecule has 2 nitrogen and oxygen atoms in total. The SMILES string of the molecule is CCCCCCCCNc1ccc(OCC(C)C)cc1. The number of anilines is 1. The van der Waals surface area contributed by atoms with Crippen LogP contribution in [-0.4, -0.2) is 13.2 Å². The Hall–Kier alpha value is -1.18. The van der Waals surface area contributed by atoms with Crippen molar-refractivity contribution in [1.29, 1.82) is 0 Å². The van der Waals surface area contributed by atoms with Crippen molar-refractivity contribution in [3.05, 3.63) is 24.3 Å². The molecule has 0 aliphatic carbocycles. The fourth-order valence-corrected chi connectivity index (χ4v) is 2.07. The molecule has 0 heterocycles. The summed E-state index contributed by atoms with van der Waals surface area (Å²) < 4.78 is 5.68. The fourth-order valence-electron chi connectivity index (χ4n) is 2.07. The number of nitrogens with one attached hydrogen (secondary N) is 1. The highest BCUT2D eigenvalue weighted by atomic mass is 16.5. The first-order valence-electron chi connectivity index (χ1n) is 8.19. The molecule has 0 spiro atoms. The molecular weight excluding hydrogens is 246 g/mol. The maximum absolute atomic E-state index is 5.68. The highest BCUT2D eigenvalue weighted by Crippen LogP contribution is 2.16. The van der Waals surface area contributed by atoms with Crippen molar-refractivity contribution >= 4 is 5.69 Å². The quantitative estimate of drug-likeness (QED) is 0.540. The van der Waals surface area contributed by atoms with E-state index in [1.54, 1.807) is 0 Å². The van der Waals surface area contributed by atoms with Gasteiger partial charge < -0.3 is 10.1 Å². The number of hydrogen-bond acceptors (Lipinski definition) is 2. The highest BCUT2D eigenvalue weighted by Gasteiger charge is 1.98. The van der Waals surface area contributed by atoms with Crippen molar-refractivity contribution in [3.63, 3.8) is 0 Å². The third-order valence-corrected chi connectivity index (χ3v) is 3.30.